The fourth-order valence-electron chi connectivity index (χ4n) is 3.07. The summed E-state index contributed by atoms with van der Waals surface area (Å²) in [5, 5.41) is 9.34. The molecule has 8 heteroatoms. The number of hydrogen-bond acceptors (Lipinski definition) is 3. The average Bonchev–Trinajstić information content (AvgIpc) is 2.63. The Morgan fingerprint density at radius 1 is 0.778 bits per heavy atom. The van der Waals surface area contributed by atoms with Crippen molar-refractivity contribution in [1.82, 2.24) is 4.90 Å². The van der Waals surface area contributed by atoms with Crippen LogP contribution in [0.5, 0.6) is 5.75 Å². The van der Waals surface area contributed by atoms with Gasteiger partial charge in [-0.15, -0.1) is 0 Å². The van der Waals surface area contributed by atoms with Gasteiger partial charge in [0.1, 0.15) is 5.75 Å². The van der Waals surface area contributed by atoms with Crippen LogP contribution in [0.1, 0.15) is 11.1 Å². The van der Waals surface area contributed by atoms with Gasteiger partial charge in [0, 0.05) is 44.0 Å². The Morgan fingerprint density at radius 2 is 1.33 bits per heavy atom. The predicted molar refractivity (Wildman–Crippen MR) is 92.0 cm³/mol. The van der Waals surface area contributed by atoms with Gasteiger partial charge in [-0.2, -0.15) is 22.0 Å². The molecule has 2 aromatic carbocycles. The number of nitrogens with zero attached hydrogens (tertiary/aromatic N) is 2. The van der Waals surface area contributed by atoms with E-state index in [1.54, 1.807) is 12.1 Å². The summed E-state index contributed by atoms with van der Waals surface area (Å²) in [4.78, 5) is 4.29. The van der Waals surface area contributed by atoms with Gasteiger partial charge in [0.05, 0.1) is 0 Å². The second-order valence-electron chi connectivity index (χ2n) is 6.55. The van der Waals surface area contributed by atoms with Crippen molar-refractivity contribution in [3.63, 3.8) is 0 Å². The zero-order valence-corrected chi connectivity index (χ0v) is 14.4. The highest BCUT2D eigenvalue weighted by Crippen LogP contribution is 2.43. The summed E-state index contributed by atoms with van der Waals surface area (Å²) in [6.07, 6.45) is -5.60. The summed E-state index contributed by atoms with van der Waals surface area (Å²) in [5.74, 6) is -4.64. The van der Waals surface area contributed by atoms with Crippen LogP contribution in [0.15, 0.2) is 48.5 Å². The fraction of sp³-hybridized carbons (Fsp3) is 0.368. The zero-order valence-electron chi connectivity index (χ0n) is 14.4. The van der Waals surface area contributed by atoms with Crippen LogP contribution in [0.4, 0.5) is 27.6 Å². The Morgan fingerprint density at radius 3 is 1.85 bits per heavy atom. The SMILES string of the molecule is Oc1ccc(N2CCN(Cc3ccc(C(F)(F)C(F)(F)F)cc3)CC2)cc1. The third-order valence-electron chi connectivity index (χ3n) is 4.67. The van der Waals surface area contributed by atoms with Gasteiger partial charge in [-0.3, -0.25) is 4.90 Å². The molecule has 0 aliphatic carbocycles. The molecule has 1 fully saturated rings. The highest BCUT2D eigenvalue weighted by Gasteiger charge is 2.58. The lowest BCUT2D eigenvalue weighted by Crippen LogP contribution is -2.45. The highest BCUT2D eigenvalue weighted by atomic mass is 19.4. The molecule has 0 aromatic heterocycles. The third-order valence-corrected chi connectivity index (χ3v) is 4.67. The monoisotopic (exact) mass is 386 g/mol. The molecule has 1 aliphatic heterocycles. The summed E-state index contributed by atoms with van der Waals surface area (Å²) in [7, 11) is 0. The molecule has 1 heterocycles. The van der Waals surface area contributed by atoms with Crippen LogP contribution in [-0.4, -0.2) is 42.4 Å². The maximum atomic E-state index is 13.3. The number of phenolic OH excluding ortho intramolecular Hbond substituents is 1. The molecule has 1 aliphatic rings. The molecular formula is C19H19F5N2O. The second-order valence-corrected chi connectivity index (χ2v) is 6.55. The molecule has 3 rings (SSSR count). The molecule has 27 heavy (non-hydrogen) atoms. The zero-order chi connectivity index (χ0) is 19.7. The average molecular weight is 386 g/mol. The Labute approximate surface area is 153 Å². The molecule has 0 bridgehead atoms. The predicted octanol–water partition coefficient (Wildman–Crippen LogP) is 4.37. The van der Waals surface area contributed by atoms with E-state index >= 15 is 0 Å². The standard InChI is InChI=1S/C19H19F5N2O/c20-18(21,19(22,23)24)15-3-1-14(2-4-15)13-25-9-11-26(12-10-25)16-5-7-17(27)8-6-16/h1-8,27H,9-13H2. The maximum absolute atomic E-state index is 13.3. The third kappa shape index (κ3) is 4.32. The number of hydrogen-bond donors (Lipinski definition) is 1. The molecule has 0 saturated carbocycles. The largest absolute Gasteiger partial charge is 0.508 e. The molecular weight excluding hydrogens is 367 g/mol. The minimum atomic E-state index is -5.60. The molecule has 3 nitrogen and oxygen atoms in total. The summed E-state index contributed by atoms with van der Waals surface area (Å²) in [6, 6.07) is 11.3. The molecule has 0 radical (unpaired) electrons. The quantitative estimate of drug-likeness (QED) is 0.791. The van der Waals surface area contributed by atoms with E-state index in [1.165, 1.54) is 12.1 Å². The minimum absolute atomic E-state index is 0.205. The number of benzene rings is 2. The van der Waals surface area contributed by atoms with E-state index in [1.807, 2.05) is 12.1 Å². The van der Waals surface area contributed by atoms with Gasteiger partial charge >= 0.3 is 12.1 Å². The van der Waals surface area contributed by atoms with Gasteiger partial charge in [-0.05, 0) is 29.8 Å². The lowest BCUT2D eigenvalue weighted by molar-refractivity contribution is -0.289. The second kappa shape index (κ2) is 7.34. The molecule has 146 valence electrons. The number of rotatable bonds is 4. The van der Waals surface area contributed by atoms with Crippen LogP contribution in [0.3, 0.4) is 0 Å². The number of piperazine rings is 1. The van der Waals surface area contributed by atoms with Gasteiger partial charge in [-0.25, -0.2) is 0 Å². The molecule has 2 aromatic rings. The lowest BCUT2D eigenvalue weighted by atomic mass is 10.1. The van der Waals surface area contributed by atoms with E-state index in [0.717, 1.165) is 44.0 Å². The molecule has 1 N–H and O–H groups in total. The Hall–Kier alpha value is -2.35. The smallest absolute Gasteiger partial charge is 0.458 e. The van der Waals surface area contributed by atoms with E-state index < -0.39 is 17.7 Å². The van der Waals surface area contributed by atoms with Crippen molar-refractivity contribution in [1.29, 1.82) is 0 Å². The van der Waals surface area contributed by atoms with Crippen molar-refractivity contribution < 1.29 is 27.1 Å². The fourth-order valence-corrected chi connectivity index (χ4v) is 3.07. The Bertz CT molecular complexity index is 751. The lowest BCUT2D eigenvalue weighted by Gasteiger charge is -2.36. The first-order chi connectivity index (χ1) is 12.7. The van der Waals surface area contributed by atoms with Crippen LogP contribution in [-0.2, 0) is 12.5 Å². The summed E-state index contributed by atoms with van der Waals surface area (Å²) in [5.41, 5.74) is 0.650. The molecule has 0 atom stereocenters. The number of alkyl halides is 5. The van der Waals surface area contributed by atoms with Crippen molar-refractivity contribution in [2.24, 2.45) is 0 Å². The van der Waals surface area contributed by atoms with Crippen molar-refractivity contribution in [2.75, 3.05) is 31.1 Å². The normalized spacial score (nSPS) is 16.6. The molecule has 1 saturated heterocycles. The molecule has 0 spiro atoms. The van der Waals surface area contributed by atoms with E-state index in [0.29, 0.717) is 12.1 Å². The number of phenols is 1. The van der Waals surface area contributed by atoms with Gasteiger partial charge in [0.25, 0.3) is 0 Å². The van der Waals surface area contributed by atoms with Crippen molar-refractivity contribution in [2.45, 2.75) is 18.6 Å². The first-order valence-electron chi connectivity index (χ1n) is 8.47. The number of aromatic hydroxyl groups is 1. The summed E-state index contributed by atoms with van der Waals surface area (Å²) in [6.45, 7) is 3.48. The van der Waals surface area contributed by atoms with Crippen molar-refractivity contribution in [3.8, 4) is 5.75 Å². The topological polar surface area (TPSA) is 26.7 Å². The van der Waals surface area contributed by atoms with Crippen LogP contribution >= 0.6 is 0 Å². The Kier molecular flexibility index (Phi) is 5.28. The Balaban J connectivity index is 1.57. The van der Waals surface area contributed by atoms with Crippen LogP contribution in [0, 0.1) is 0 Å². The minimum Gasteiger partial charge on any atom is -0.508 e. The maximum Gasteiger partial charge on any atom is 0.458 e. The van der Waals surface area contributed by atoms with E-state index in [2.05, 4.69) is 9.80 Å². The van der Waals surface area contributed by atoms with Gasteiger partial charge < -0.3 is 10.0 Å². The van der Waals surface area contributed by atoms with Gasteiger partial charge in [-0.1, -0.05) is 24.3 Å². The highest BCUT2D eigenvalue weighted by molar-refractivity contribution is 5.49. The first-order valence-corrected chi connectivity index (χ1v) is 8.47. The van der Waals surface area contributed by atoms with Crippen molar-refractivity contribution >= 4 is 5.69 Å². The van der Waals surface area contributed by atoms with Crippen LogP contribution in [0.2, 0.25) is 0 Å². The molecule has 0 unspecified atom stereocenters. The van der Waals surface area contributed by atoms with Crippen LogP contribution in [0.25, 0.3) is 0 Å². The summed E-state index contributed by atoms with van der Waals surface area (Å²) < 4.78 is 63.9. The van der Waals surface area contributed by atoms with E-state index in [4.69, 9.17) is 0 Å². The summed E-state index contributed by atoms with van der Waals surface area (Å²) >= 11 is 0. The van der Waals surface area contributed by atoms with Gasteiger partial charge in [0.2, 0.25) is 0 Å². The van der Waals surface area contributed by atoms with E-state index in [9.17, 15) is 27.1 Å². The number of anilines is 1. The van der Waals surface area contributed by atoms with Gasteiger partial charge in [0.15, 0.2) is 0 Å². The molecule has 0 amide bonds. The van der Waals surface area contributed by atoms with Crippen LogP contribution < -0.4 is 4.90 Å². The first kappa shape index (κ1) is 19.4. The van der Waals surface area contributed by atoms with Crippen molar-refractivity contribution in [3.05, 3.63) is 59.7 Å². The number of halogens is 5. The van der Waals surface area contributed by atoms with E-state index in [-0.39, 0.29) is 5.75 Å².